The molecule has 4 atom stereocenters. The molecule has 4 unspecified atom stereocenters. The summed E-state index contributed by atoms with van der Waals surface area (Å²) in [5.74, 6) is 0.453. The van der Waals surface area contributed by atoms with Gasteiger partial charge in [0.05, 0.1) is 24.2 Å². The van der Waals surface area contributed by atoms with Crippen molar-refractivity contribution in [3.8, 4) is 0 Å². The van der Waals surface area contributed by atoms with Crippen molar-refractivity contribution < 1.29 is 22.6 Å². The van der Waals surface area contributed by atoms with Crippen molar-refractivity contribution in [2.24, 2.45) is 5.92 Å². The number of methoxy groups -OCH3 is 1. The molecule has 2 N–H and O–H groups in total. The first-order valence-corrected chi connectivity index (χ1v) is 10.4. The number of hydrogen-bond donors (Lipinski definition) is 2. The van der Waals surface area contributed by atoms with Gasteiger partial charge in [-0.05, 0) is 24.1 Å². The average Bonchev–Trinajstić information content (AvgIpc) is 3.12. The van der Waals surface area contributed by atoms with Crippen LogP contribution in [0.1, 0.15) is 18.0 Å². The molecule has 2 saturated heterocycles. The molecule has 25 heavy (non-hydrogen) atoms. The smallest absolute Gasteiger partial charge is 0.175 e. The number of benzene rings is 1. The fraction of sp³-hybridized carbons (Fsp3) is 0.647. The van der Waals surface area contributed by atoms with Crippen LogP contribution in [-0.2, 0) is 24.0 Å². The first kappa shape index (κ1) is 18.8. The molecule has 140 valence electrons. The predicted molar refractivity (Wildman–Crippen MR) is 92.9 cm³/mol. The quantitative estimate of drug-likeness (QED) is 0.761. The molecule has 0 spiro atoms. The van der Waals surface area contributed by atoms with E-state index in [1.165, 1.54) is 6.26 Å². The first-order valence-electron chi connectivity index (χ1n) is 8.49. The highest BCUT2D eigenvalue weighted by molar-refractivity contribution is 7.90. The molecule has 2 heterocycles. The van der Waals surface area contributed by atoms with E-state index in [1.54, 1.807) is 19.2 Å². The van der Waals surface area contributed by atoms with Crippen LogP contribution in [0.25, 0.3) is 0 Å². The fourth-order valence-corrected chi connectivity index (χ4v) is 3.80. The lowest BCUT2D eigenvalue weighted by Gasteiger charge is -2.38. The van der Waals surface area contributed by atoms with Crippen molar-refractivity contribution >= 4 is 9.84 Å². The number of ether oxygens (including phenoxy) is 3. The van der Waals surface area contributed by atoms with Gasteiger partial charge in [0.2, 0.25) is 0 Å². The highest BCUT2D eigenvalue weighted by Crippen LogP contribution is 2.23. The Balaban J connectivity index is 1.66. The summed E-state index contributed by atoms with van der Waals surface area (Å²) in [6.45, 7) is 2.88. The van der Waals surface area contributed by atoms with E-state index >= 15 is 0 Å². The van der Waals surface area contributed by atoms with Crippen molar-refractivity contribution in [1.82, 2.24) is 10.6 Å². The molecule has 3 rings (SSSR count). The molecule has 0 saturated carbocycles. The maximum atomic E-state index is 11.6. The van der Waals surface area contributed by atoms with Crippen LogP contribution in [0.2, 0.25) is 0 Å². The molecule has 8 heteroatoms. The van der Waals surface area contributed by atoms with Crippen molar-refractivity contribution in [2.45, 2.75) is 29.8 Å². The van der Waals surface area contributed by atoms with E-state index < -0.39 is 9.84 Å². The van der Waals surface area contributed by atoms with Gasteiger partial charge in [-0.25, -0.2) is 8.42 Å². The summed E-state index contributed by atoms with van der Waals surface area (Å²) in [7, 11) is -1.55. The maximum Gasteiger partial charge on any atom is 0.175 e. The van der Waals surface area contributed by atoms with Crippen molar-refractivity contribution in [1.29, 1.82) is 0 Å². The monoisotopic (exact) mass is 370 g/mol. The lowest BCUT2D eigenvalue weighted by Crippen LogP contribution is -2.57. The van der Waals surface area contributed by atoms with Crippen LogP contribution in [0, 0.1) is 5.92 Å². The Kier molecular flexibility index (Phi) is 6.08. The van der Waals surface area contributed by atoms with Crippen LogP contribution >= 0.6 is 0 Å². The minimum atomic E-state index is -3.20. The Bertz CT molecular complexity index is 658. The zero-order valence-electron chi connectivity index (χ0n) is 14.6. The topological polar surface area (TPSA) is 85.9 Å². The lowest BCUT2D eigenvalue weighted by molar-refractivity contribution is -0.0641. The first-order chi connectivity index (χ1) is 12.0. The molecule has 0 amide bonds. The Morgan fingerprint density at radius 3 is 2.64 bits per heavy atom. The number of rotatable bonds is 6. The minimum Gasteiger partial charge on any atom is -0.381 e. The largest absolute Gasteiger partial charge is 0.381 e. The van der Waals surface area contributed by atoms with Crippen LogP contribution in [0.15, 0.2) is 29.2 Å². The third-order valence-corrected chi connectivity index (χ3v) is 5.78. The Labute approximate surface area is 148 Å². The van der Waals surface area contributed by atoms with Crippen molar-refractivity contribution in [2.75, 3.05) is 39.7 Å². The maximum absolute atomic E-state index is 11.6. The predicted octanol–water partition coefficient (Wildman–Crippen LogP) is 0.676. The van der Waals surface area contributed by atoms with Gasteiger partial charge in [-0.1, -0.05) is 12.1 Å². The molecule has 1 aromatic rings. The molecular formula is C17H26N2O5S. The number of piperazine rings is 1. The zero-order valence-corrected chi connectivity index (χ0v) is 15.4. The normalized spacial score (nSPS) is 30.5. The molecule has 0 radical (unpaired) electrons. The molecule has 2 aliphatic heterocycles. The standard InChI is InChI=1S/C17H26N2O5S/c1-22-17-16(13-3-5-14(6-4-13)25(2,20)21)19-15(9-18-17)24-11-12-7-8-23-10-12/h3-6,12,15-19H,7-11H2,1-2H3. The highest BCUT2D eigenvalue weighted by Gasteiger charge is 2.32. The molecule has 0 bridgehead atoms. The second kappa shape index (κ2) is 8.11. The summed E-state index contributed by atoms with van der Waals surface area (Å²) < 4.78 is 40.1. The van der Waals surface area contributed by atoms with Crippen molar-refractivity contribution in [3.05, 3.63) is 29.8 Å². The van der Waals surface area contributed by atoms with Gasteiger partial charge in [0, 0.05) is 32.4 Å². The second-order valence-corrected chi connectivity index (χ2v) is 8.62. The Morgan fingerprint density at radius 1 is 1.28 bits per heavy atom. The van der Waals surface area contributed by atoms with Gasteiger partial charge < -0.3 is 14.2 Å². The van der Waals surface area contributed by atoms with Gasteiger partial charge in [-0.15, -0.1) is 0 Å². The summed E-state index contributed by atoms with van der Waals surface area (Å²) in [5.41, 5.74) is 0.948. The van der Waals surface area contributed by atoms with E-state index in [-0.39, 0.29) is 18.5 Å². The van der Waals surface area contributed by atoms with E-state index in [1.807, 2.05) is 12.1 Å². The summed E-state index contributed by atoms with van der Waals surface area (Å²) in [5, 5.41) is 6.78. The van der Waals surface area contributed by atoms with Gasteiger partial charge in [0.25, 0.3) is 0 Å². The van der Waals surface area contributed by atoms with E-state index in [0.29, 0.717) is 24.0 Å². The van der Waals surface area contributed by atoms with E-state index in [9.17, 15) is 8.42 Å². The van der Waals surface area contributed by atoms with E-state index in [2.05, 4.69) is 10.6 Å². The van der Waals surface area contributed by atoms with Gasteiger partial charge in [-0.3, -0.25) is 10.6 Å². The molecule has 2 aliphatic rings. The zero-order chi connectivity index (χ0) is 17.9. The van der Waals surface area contributed by atoms with Crippen LogP contribution in [0.5, 0.6) is 0 Å². The lowest BCUT2D eigenvalue weighted by atomic mass is 10.0. The fourth-order valence-electron chi connectivity index (χ4n) is 3.17. The summed E-state index contributed by atoms with van der Waals surface area (Å²) in [4.78, 5) is 0.308. The number of hydrogen-bond acceptors (Lipinski definition) is 7. The second-order valence-electron chi connectivity index (χ2n) is 6.60. The third-order valence-electron chi connectivity index (χ3n) is 4.65. The van der Waals surface area contributed by atoms with Crippen LogP contribution in [0.4, 0.5) is 0 Å². The molecule has 7 nitrogen and oxygen atoms in total. The summed E-state index contributed by atoms with van der Waals surface area (Å²) in [6, 6.07) is 6.75. The Morgan fingerprint density at radius 2 is 2.04 bits per heavy atom. The number of sulfone groups is 1. The highest BCUT2D eigenvalue weighted by atomic mass is 32.2. The SMILES string of the molecule is COC1NCC(OCC2CCOC2)NC1c1ccc(S(C)(=O)=O)cc1. The Hall–Kier alpha value is -1.03. The van der Waals surface area contributed by atoms with Gasteiger partial charge >= 0.3 is 0 Å². The van der Waals surface area contributed by atoms with Gasteiger partial charge in [0.1, 0.15) is 12.5 Å². The molecular weight excluding hydrogens is 344 g/mol. The third kappa shape index (κ3) is 4.78. The van der Waals surface area contributed by atoms with Gasteiger partial charge in [-0.2, -0.15) is 0 Å². The van der Waals surface area contributed by atoms with Crippen molar-refractivity contribution in [3.63, 3.8) is 0 Å². The molecule has 2 fully saturated rings. The van der Waals surface area contributed by atoms with E-state index in [0.717, 1.165) is 25.2 Å². The van der Waals surface area contributed by atoms with Crippen LogP contribution in [-0.4, -0.2) is 60.6 Å². The summed E-state index contributed by atoms with van der Waals surface area (Å²) in [6.07, 6.45) is 1.90. The van der Waals surface area contributed by atoms with Crippen LogP contribution in [0.3, 0.4) is 0 Å². The molecule has 1 aromatic carbocycles. The average molecular weight is 370 g/mol. The van der Waals surface area contributed by atoms with Crippen LogP contribution < -0.4 is 10.6 Å². The number of nitrogens with one attached hydrogen (secondary N) is 2. The van der Waals surface area contributed by atoms with E-state index in [4.69, 9.17) is 14.2 Å². The minimum absolute atomic E-state index is 0.128. The van der Waals surface area contributed by atoms with Gasteiger partial charge in [0.15, 0.2) is 9.84 Å². The summed E-state index contributed by atoms with van der Waals surface area (Å²) >= 11 is 0. The molecule has 0 aliphatic carbocycles. The molecule has 0 aromatic heterocycles.